The van der Waals surface area contributed by atoms with Crippen molar-refractivity contribution in [2.75, 3.05) is 4.90 Å². The number of furan rings is 1. The molecule has 0 unspecified atom stereocenters. The van der Waals surface area contributed by atoms with Gasteiger partial charge in [-0.05, 0) is 97.9 Å². The molecule has 1 aliphatic carbocycles. The van der Waals surface area contributed by atoms with Crippen molar-refractivity contribution < 1.29 is 4.42 Å². The van der Waals surface area contributed by atoms with Crippen molar-refractivity contribution in [3.05, 3.63) is 259 Å². The van der Waals surface area contributed by atoms with E-state index in [-0.39, 0.29) is 0 Å². The van der Waals surface area contributed by atoms with Crippen LogP contribution in [0.2, 0.25) is 0 Å². The van der Waals surface area contributed by atoms with Crippen LogP contribution < -0.4 is 4.90 Å². The number of fused-ring (bicyclic) bond motifs is 8. The summed E-state index contributed by atoms with van der Waals surface area (Å²) in [5.41, 5.74) is 16.7. The van der Waals surface area contributed by atoms with Gasteiger partial charge in [-0.15, -0.1) is 0 Å². The lowest BCUT2D eigenvalue weighted by Crippen LogP contribution is -2.28. The first-order valence-electron chi connectivity index (χ1n) is 21.0. The van der Waals surface area contributed by atoms with Gasteiger partial charge in [0.05, 0.1) is 11.1 Å². The van der Waals surface area contributed by atoms with Gasteiger partial charge in [0.15, 0.2) is 0 Å². The average molecular weight is 778 g/mol. The van der Waals surface area contributed by atoms with Crippen LogP contribution in [0.15, 0.2) is 241 Å². The van der Waals surface area contributed by atoms with Crippen LogP contribution in [0.3, 0.4) is 0 Å². The van der Waals surface area contributed by atoms with E-state index in [1.165, 1.54) is 44.5 Å². The Morgan fingerprint density at radius 3 is 1.67 bits per heavy atom. The van der Waals surface area contributed by atoms with Crippen molar-refractivity contribution in [2.45, 2.75) is 5.41 Å². The molecule has 2 heteroatoms. The molecule has 0 atom stereocenters. The summed E-state index contributed by atoms with van der Waals surface area (Å²) in [5, 5.41) is 4.48. The molecule has 1 heterocycles. The molecule has 10 aromatic carbocycles. The number of rotatable bonds is 7. The number of anilines is 3. The van der Waals surface area contributed by atoms with Crippen molar-refractivity contribution in [3.8, 4) is 33.4 Å². The fraction of sp³-hybridized carbons (Fsp3) is 0.0169. The molecule has 11 aromatic rings. The van der Waals surface area contributed by atoms with Gasteiger partial charge < -0.3 is 9.32 Å². The molecule has 1 aliphatic rings. The van der Waals surface area contributed by atoms with Gasteiger partial charge in [-0.1, -0.05) is 194 Å². The van der Waals surface area contributed by atoms with Gasteiger partial charge in [0.1, 0.15) is 11.2 Å². The monoisotopic (exact) mass is 777 g/mol. The van der Waals surface area contributed by atoms with Crippen LogP contribution in [0.4, 0.5) is 17.1 Å². The Bertz CT molecular complexity index is 3360. The Hall–Kier alpha value is -7.94. The van der Waals surface area contributed by atoms with Crippen molar-refractivity contribution in [2.24, 2.45) is 0 Å². The number of hydrogen-bond donors (Lipinski definition) is 0. The summed E-state index contributed by atoms with van der Waals surface area (Å²) in [7, 11) is 0. The molecule has 0 saturated heterocycles. The van der Waals surface area contributed by atoms with Gasteiger partial charge in [0.2, 0.25) is 0 Å². The molecule has 0 amide bonds. The lowest BCUT2D eigenvalue weighted by atomic mass is 9.67. The molecule has 286 valence electrons. The third-order valence-electron chi connectivity index (χ3n) is 12.7. The van der Waals surface area contributed by atoms with Crippen LogP contribution in [0.1, 0.15) is 22.3 Å². The van der Waals surface area contributed by atoms with Gasteiger partial charge in [0.25, 0.3) is 0 Å². The smallest absolute Gasteiger partial charge is 0.143 e. The van der Waals surface area contributed by atoms with E-state index in [1.807, 2.05) is 0 Å². The fourth-order valence-corrected chi connectivity index (χ4v) is 10.1. The molecule has 2 nitrogen and oxygen atoms in total. The summed E-state index contributed by atoms with van der Waals surface area (Å²) in [5.74, 6) is 0. The zero-order chi connectivity index (χ0) is 40.3. The third-order valence-corrected chi connectivity index (χ3v) is 12.7. The van der Waals surface area contributed by atoms with E-state index in [0.717, 1.165) is 60.9 Å². The van der Waals surface area contributed by atoms with Crippen molar-refractivity contribution in [1.29, 1.82) is 0 Å². The van der Waals surface area contributed by atoms with E-state index in [2.05, 4.69) is 241 Å². The second-order valence-electron chi connectivity index (χ2n) is 16.0. The highest BCUT2D eigenvalue weighted by Crippen LogP contribution is 2.57. The summed E-state index contributed by atoms with van der Waals surface area (Å²) in [6.45, 7) is 0. The summed E-state index contributed by atoms with van der Waals surface area (Å²) >= 11 is 0. The standard InChI is InChI=1S/C59H39NO/c1-4-18-40(19-5-1)41-32-34-45(35-33-41)60(55-30-16-13-27-50(55)52-38-42-20-10-11-25-47(42)58-57(52)51-28-14-17-31-56(51)61-58)46-36-37-49-48-26-12-15-29-53(48)59(54(49)39-46,43-21-6-2-7-22-43)44-23-8-3-9-24-44/h1-39H. The second-order valence-corrected chi connectivity index (χ2v) is 16.0. The van der Waals surface area contributed by atoms with E-state index in [1.54, 1.807) is 0 Å². The summed E-state index contributed by atoms with van der Waals surface area (Å²) in [6, 6.07) is 86.1. The fourth-order valence-electron chi connectivity index (χ4n) is 10.1. The molecule has 0 N–H and O–H groups in total. The largest absolute Gasteiger partial charge is 0.455 e. The van der Waals surface area contributed by atoms with Gasteiger partial charge in [-0.2, -0.15) is 0 Å². The maximum Gasteiger partial charge on any atom is 0.143 e. The van der Waals surface area contributed by atoms with E-state index in [9.17, 15) is 0 Å². The minimum absolute atomic E-state index is 0.535. The van der Waals surface area contributed by atoms with E-state index >= 15 is 0 Å². The topological polar surface area (TPSA) is 16.4 Å². The Balaban J connectivity index is 1.14. The number of benzene rings is 10. The normalized spacial score (nSPS) is 12.7. The quantitative estimate of drug-likeness (QED) is 0.160. The SMILES string of the molecule is c1ccc(-c2ccc(N(c3ccc4c(c3)C(c3ccccc3)(c3ccccc3)c3ccccc3-4)c3ccccc3-c3cc4ccccc4c4oc5ccccc5c34)cc2)cc1. The summed E-state index contributed by atoms with van der Waals surface area (Å²) in [4.78, 5) is 2.46. The molecule has 61 heavy (non-hydrogen) atoms. The molecule has 0 radical (unpaired) electrons. The van der Waals surface area contributed by atoms with Gasteiger partial charge in [-0.3, -0.25) is 0 Å². The number of para-hydroxylation sites is 2. The predicted octanol–water partition coefficient (Wildman–Crippen LogP) is 15.9. The maximum absolute atomic E-state index is 6.73. The first-order chi connectivity index (χ1) is 30.3. The second kappa shape index (κ2) is 14.1. The van der Waals surface area contributed by atoms with Crippen LogP contribution >= 0.6 is 0 Å². The third kappa shape index (κ3) is 5.43. The van der Waals surface area contributed by atoms with Crippen LogP contribution in [-0.2, 0) is 5.41 Å². The van der Waals surface area contributed by atoms with Crippen LogP contribution in [-0.4, -0.2) is 0 Å². The van der Waals surface area contributed by atoms with E-state index in [0.29, 0.717) is 0 Å². The molecule has 0 bridgehead atoms. The van der Waals surface area contributed by atoms with Crippen molar-refractivity contribution in [1.82, 2.24) is 0 Å². The average Bonchev–Trinajstić information content (AvgIpc) is 3.87. The van der Waals surface area contributed by atoms with Gasteiger partial charge in [-0.25, -0.2) is 0 Å². The molecular weight excluding hydrogens is 739 g/mol. The lowest BCUT2D eigenvalue weighted by molar-refractivity contribution is 0.673. The highest BCUT2D eigenvalue weighted by Gasteiger charge is 2.46. The molecule has 0 fully saturated rings. The van der Waals surface area contributed by atoms with Crippen LogP contribution in [0.25, 0.3) is 66.1 Å². The maximum atomic E-state index is 6.73. The van der Waals surface area contributed by atoms with Gasteiger partial charge >= 0.3 is 0 Å². The Kier molecular flexibility index (Phi) is 8.11. The Labute approximate surface area is 355 Å². The first kappa shape index (κ1) is 35.0. The van der Waals surface area contributed by atoms with Crippen molar-refractivity contribution >= 4 is 49.8 Å². The van der Waals surface area contributed by atoms with Crippen LogP contribution in [0, 0.1) is 0 Å². The highest BCUT2D eigenvalue weighted by molar-refractivity contribution is 6.22. The minimum atomic E-state index is -0.535. The van der Waals surface area contributed by atoms with Crippen molar-refractivity contribution in [3.63, 3.8) is 0 Å². The Morgan fingerprint density at radius 1 is 0.361 bits per heavy atom. The first-order valence-corrected chi connectivity index (χ1v) is 21.0. The Morgan fingerprint density at radius 2 is 0.918 bits per heavy atom. The zero-order valence-electron chi connectivity index (χ0n) is 33.4. The van der Waals surface area contributed by atoms with E-state index in [4.69, 9.17) is 4.42 Å². The van der Waals surface area contributed by atoms with Crippen LogP contribution in [0.5, 0.6) is 0 Å². The molecule has 1 aromatic heterocycles. The lowest BCUT2D eigenvalue weighted by Gasteiger charge is -2.35. The molecule has 0 aliphatic heterocycles. The molecule has 0 spiro atoms. The molecular formula is C59H39NO. The molecule has 12 rings (SSSR count). The summed E-state index contributed by atoms with van der Waals surface area (Å²) in [6.07, 6.45) is 0. The minimum Gasteiger partial charge on any atom is -0.455 e. The summed E-state index contributed by atoms with van der Waals surface area (Å²) < 4.78 is 6.73. The zero-order valence-corrected chi connectivity index (χ0v) is 33.4. The number of nitrogens with zero attached hydrogens (tertiary/aromatic N) is 1. The van der Waals surface area contributed by atoms with E-state index < -0.39 is 5.41 Å². The van der Waals surface area contributed by atoms with Gasteiger partial charge in [0, 0.05) is 33.1 Å². The predicted molar refractivity (Wildman–Crippen MR) is 254 cm³/mol. The molecule has 0 saturated carbocycles. The highest BCUT2D eigenvalue weighted by atomic mass is 16.3. The number of hydrogen-bond acceptors (Lipinski definition) is 2.